The Morgan fingerprint density at radius 1 is 1.60 bits per heavy atom. The zero-order valence-electron chi connectivity index (χ0n) is 5.34. The number of halogens is 1. The highest BCUT2D eigenvalue weighted by Crippen LogP contribution is 2.09. The van der Waals surface area contributed by atoms with E-state index in [1.807, 2.05) is 12.1 Å². The van der Waals surface area contributed by atoms with Crippen molar-refractivity contribution in [3.63, 3.8) is 0 Å². The van der Waals surface area contributed by atoms with Gasteiger partial charge in [-0.05, 0) is 28.1 Å². The number of rotatable bonds is 1. The molecule has 2 N–H and O–H groups in total. The topological polar surface area (TPSA) is 38.9 Å². The summed E-state index contributed by atoms with van der Waals surface area (Å²) in [6.07, 6.45) is 1.69. The first-order chi connectivity index (χ1) is 4.70. The average molecular weight is 199 g/mol. The quantitative estimate of drug-likeness (QED) is 0.748. The Morgan fingerprint density at radius 2 is 2.30 bits per heavy atom. The van der Waals surface area contributed by atoms with Gasteiger partial charge < -0.3 is 5.73 Å². The maximum atomic E-state index is 5.39. The number of hydrogen-bond acceptors (Lipinski definition) is 2. The van der Waals surface area contributed by atoms with Crippen molar-refractivity contribution in [2.24, 2.45) is 5.73 Å². The van der Waals surface area contributed by atoms with Gasteiger partial charge in [0.15, 0.2) is 0 Å². The fraction of sp³-hybridized carbons (Fsp3) is 0. The van der Waals surface area contributed by atoms with Gasteiger partial charge in [-0.15, -0.1) is 0 Å². The Balaban J connectivity index is 3.00. The van der Waals surface area contributed by atoms with Crippen LogP contribution >= 0.6 is 15.9 Å². The van der Waals surface area contributed by atoms with E-state index in [-0.39, 0.29) is 0 Å². The van der Waals surface area contributed by atoms with Crippen LogP contribution < -0.4 is 5.73 Å². The summed E-state index contributed by atoms with van der Waals surface area (Å²) in [7, 11) is 0. The van der Waals surface area contributed by atoms with Crippen LogP contribution in [0.15, 0.2) is 29.4 Å². The highest BCUT2D eigenvalue weighted by molar-refractivity contribution is 9.10. The van der Waals surface area contributed by atoms with Crippen LogP contribution in [0.5, 0.6) is 0 Å². The van der Waals surface area contributed by atoms with E-state index in [1.54, 1.807) is 6.20 Å². The van der Waals surface area contributed by atoms with Crippen LogP contribution in [-0.4, -0.2) is 4.98 Å². The van der Waals surface area contributed by atoms with Crippen molar-refractivity contribution in [1.82, 2.24) is 4.98 Å². The van der Waals surface area contributed by atoms with E-state index in [9.17, 15) is 0 Å². The molecule has 0 saturated carbocycles. The Bertz CT molecular complexity index is 240. The average Bonchev–Trinajstić information content (AvgIpc) is 1.88. The predicted octanol–water partition coefficient (Wildman–Crippen LogP) is 1.77. The molecule has 0 aliphatic rings. The highest BCUT2D eigenvalue weighted by Gasteiger charge is 1.92. The molecular weight excluding hydrogens is 192 g/mol. The summed E-state index contributed by atoms with van der Waals surface area (Å²) in [6.45, 7) is 3.56. The van der Waals surface area contributed by atoms with E-state index in [1.165, 1.54) is 0 Å². The Morgan fingerprint density at radius 3 is 2.70 bits per heavy atom. The third kappa shape index (κ3) is 1.57. The molecule has 0 aliphatic carbocycles. The zero-order valence-corrected chi connectivity index (χ0v) is 6.93. The van der Waals surface area contributed by atoms with Crippen molar-refractivity contribution in [2.45, 2.75) is 0 Å². The second-order valence-electron chi connectivity index (χ2n) is 1.89. The van der Waals surface area contributed by atoms with Crippen LogP contribution in [-0.2, 0) is 0 Å². The Labute approximate surface area is 67.9 Å². The van der Waals surface area contributed by atoms with E-state index in [0.717, 1.165) is 10.2 Å². The van der Waals surface area contributed by atoms with Crippen LogP contribution in [0.2, 0.25) is 0 Å². The summed E-state index contributed by atoms with van der Waals surface area (Å²) in [5, 5.41) is 0. The van der Waals surface area contributed by atoms with E-state index in [0.29, 0.717) is 5.70 Å². The molecule has 0 fully saturated rings. The van der Waals surface area contributed by atoms with Gasteiger partial charge in [0.25, 0.3) is 0 Å². The maximum Gasteiger partial charge on any atom is 0.0853 e. The SMILES string of the molecule is C=C(N)c1ccc(Br)cn1. The molecule has 0 aliphatic heterocycles. The standard InChI is InChI=1S/C7H7BrN2/c1-5(9)7-3-2-6(8)4-10-7/h2-4H,1,9H2. The van der Waals surface area contributed by atoms with Crippen LogP contribution in [0.1, 0.15) is 5.69 Å². The molecular formula is C7H7BrN2. The second kappa shape index (κ2) is 2.84. The smallest absolute Gasteiger partial charge is 0.0853 e. The third-order valence-electron chi connectivity index (χ3n) is 1.06. The molecule has 0 aromatic carbocycles. The van der Waals surface area contributed by atoms with Crippen LogP contribution in [0.25, 0.3) is 5.70 Å². The lowest BCUT2D eigenvalue weighted by Gasteiger charge is -1.96. The van der Waals surface area contributed by atoms with Gasteiger partial charge in [-0.25, -0.2) is 0 Å². The molecule has 0 bridgehead atoms. The Hall–Kier alpha value is -0.830. The van der Waals surface area contributed by atoms with Crippen molar-refractivity contribution >= 4 is 21.6 Å². The third-order valence-corrected chi connectivity index (χ3v) is 1.53. The van der Waals surface area contributed by atoms with Gasteiger partial charge >= 0.3 is 0 Å². The molecule has 0 radical (unpaired) electrons. The molecule has 52 valence electrons. The lowest BCUT2D eigenvalue weighted by atomic mass is 10.3. The van der Waals surface area contributed by atoms with Crippen molar-refractivity contribution in [1.29, 1.82) is 0 Å². The summed E-state index contributed by atoms with van der Waals surface area (Å²) >= 11 is 3.26. The van der Waals surface area contributed by atoms with Crippen molar-refractivity contribution in [3.05, 3.63) is 35.1 Å². The number of hydrogen-bond donors (Lipinski definition) is 1. The number of pyridine rings is 1. The van der Waals surface area contributed by atoms with Gasteiger partial charge in [-0.1, -0.05) is 6.58 Å². The molecule has 0 saturated heterocycles. The number of nitrogens with zero attached hydrogens (tertiary/aromatic N) is 1. The summed E-state index contributed by atoms with van der Waals surface area (Å²) in [6, 6.07) is 3.69. The molecule has 1 rings (SSSR count). The maximum absolute atomic E-state index is 5.39. The second-order valence-corrected chi connectivity index (χ2v) is 2.80. The number of nitrogens with two attached hydrogens (primary N) is 1. The van der Waals surface area contributed by atoms with Crippen LogP contribution in [0.3, 0.4) is 0 Å². The lowest BCUT2D eigenvalue weighted by Crippen LogP contribution is -1.95. The minimum Gasteiger partial charge on any atom is -0.397 e. The summed E-state index contributed by atoms with van der Waals surface area (Å²) < 4.78 is 0.942. The van der Waals surface area contributed by atoms with Gasteiger partial charge in [-0.2, -0.15) is 0 Å². The molecule has 3 heteroatoms. The van der Waals surface area contributed by atoms with Gasteiger partial charge in [0.05, 0.1) is 11.4 Å². The first-order valence-electron chi connectivity index (χ1n) is 2.76. The van der Waals surface area contributed by atoms with Crippen molar-refractivity contribution in [2.75, 3.05) is 0 Å². The highest BCUT2D eigenvalue weighted by atomic mass is 79.9. The van der Waals surface area contributed by atoms with E-state index in [2.05, 4.69) is 27.5 Å². The molecule has 0 unspecified atom stereocenters. The summed E-state index contributed by atoms with van der Waals surface area (Å²) in [5.41, 5.74) is 6.61. The normalized spacial score (nSPS) is 9.30. The molecule has 0 spiro atoms. The molecule has 2 nitrogen and oxygen atoms in total. The minimum absolute atomic E-state index is 0.493. The number of aromatic nitrogens is 1. The first kappa shape index (κ1) is 7.28. The fourth-order valence-electron chi connectivity index (χ4n) is 0.566. The lowest BCUT2D eigenvalue weighted by molar-refractivity contribution is 1.25. The molecule has 1 aromatic heterocycles. The van der Waals surface area contributed by atoms with Crippen LogP contribution in [0.4, 0.5) is 0 Å². The first-order valence-corrected chi connectivity index (χ1v) is 3.56. The monoisotopic (exact) mass is 198 g/mol. The minimum atomic E-state index is 0.493. The molecule has 1 heterocycles. The van der Waals surface area contributed by atoms with E-state index >= 15 is 0 Å². The van der Waals surface area contributed by atoms with E-state index < -0.39 is 0 Å². The Kier molecular flexibility index (Phi) is 2.06. The van der Waals surface area contributed by atoms with E-state index in [4.69, 9.17) is 5.73 Å². The summed E-state index contributed by atoms with van der Waals surface area (Å²) in [4.78, 5) is 4.01. The van der Waals surface area contributed by atoms with Gasteiger partial charge in [0.1, 0.15) is 0 Å². The van der Waals surface area contributed by atoms with Gasteiger partial charge in [0.2, 0.25) is 0 Å². The van der Waals surface area contributed by atoms with Crippen molar-refractivity contribution < 1.29 is 0 Å². The molecule has 10 heavy (non-hydrogen) atoms. The summed E-state index contributed by atoms with van der Waals surface area (Å²) in [5.74, 6) is 0. The zero-order chi connectivity index (χ0) is 7.56. The van der Waals surface area contributed by atoms with Crippen LogP contribution in [0, 0.1) is 0 Å². The van der Waals surface area contributed by atoms with Gasteiger partial charge in [0, 0.05) is 10.7 Å². The fourth-order valence-corrected chi connectivity index (χ4v) is 0.800. The molecule has 0 atom stereocenters. The molecule has 0 amide bonds. The molecule has 1 aromatic rings. The van der Waals surface area contributed by atoms with Crippen molar-refractivity contribution in [3.8, 4) is 0 Å². The van der Waals surface area contributed by atoms with Gasteiger partial charge in [-0.3, -0.25) is 4.98 Å². The predicted molar refractivity (Wildman–Crippen MR) is 45.2 cm³/mol. The largest absolute Gasteiger partial charge is 0.397 e.